The van der Waals surface area contributed by atoms with Crippen LogP contribution in [0.25, 0.3) is 0 Å². The van der Waals surface area contributed by atoms with Crippen LogP contribution in [0.3, 0.4) is 0 Å². The number of carbonyl (C=O) groups excluding carboxylic acids is 2. The summed E-state index contributed by atoms with van der Waals surface area (Å²) in [4.78, 5) is 35.2. The first-order valence-electron chi connectivity index (χ1n) is 31.3. The van der Waals surface area contributed by atoms with Gasteiger partial charge in [0, 0.05) is 19.4 Å². The number of rotatable bonds is 57. The molecule has 2 atom stereocenters. The minimum absolute atomic E-state index is 0.0428. The van der Waals surface area contributed by atoms with E-state index in [2.05, 4.69) is 160 Å². The maximum atomic E-state index is 12.7. The number of phosphoric acid groups is 1. The molecule has 0 aromatic heterocycles. The van der Waals surface area contributed by atoms with Gasteiger partial charge in [-0.25, -0.2) is 4.57 Å². The summed E-state index contributed by atoms with van der Waals surface area (Å²) in [6.45, 7) is 3.59. The van der Waals surface area contributed by atoms with Gasteiger partial charge in [0.05, 0.1) is 13.2 Å². The Bertz CT molecular complexity index is 1800. The molecule has 0 heterocycles. The lowest BCUT2D eigenvalue weighted by molar-refractivity contribution is -0.161. The normalized spacial score (nSPS) is 14.0. The summed E-state index contributed by atoms with van der Waals surface area (Å²) in [5, 5.41) is 0. The molecule has 0 aromatic rings. The SMILES string of the molecule is CC/C=C\C/C=C\C/C=C\C/C=C\C/C=C\C/C=C\C/C=C\C/C=C\C/C=C\C/C=C\C/C=C\CCCCCCCC(=O)OC(COC(=O)CCCCCCCCCCC/C=C\CCCCCCCC)COP(=O)(O)OCCN. The highest BCUT2D eigenvalue weighted by Crippen LogP contribution is 2.43. The number of phosphoric ester groups is 1. The van der Waals surface area contributed by atoms with Gasteiger partial charge in [-0.3, -0.25) is 18.6 Å². The first-order chi connectivity index (χ1) is 38.8. The van der Waals surface area contributed by atoms with Gasteiger partial charge < -0.3 is 20.1 Å². The lowest BCUT2D eigenvalue weighted by Gasteiger charge is -2.19. The summed E-state index contributed by atoms with van der Waals surface area (Å²) in [6, 6.07) is 0. The second-order valence-corrected chi connectivity index (χ2v) is 21.6. The smallest absolute Gasteiger partial charge is 0.462 e. The van der Waals surface area contributed by atoms with Crippen LogP contribution >= 0.6 is 7.82 Å². The average Bonchev–Trinajstić information content (AvgIpc) is 3.44. The molecule has 0 amide bonds. The molecule has 3 N–H and O–H groups in total. The summed E-state index contributed by atoms with van der Waals surface area (Å²) in [6.07, 6.45) is 90.5. The fourth-order valence-corrected chi connectivity index (χ4v) is 8.87. The van der Waals surface area contributed by atoms with E-state index in [9.17, 15) is 19.0 Å². The number of carbonyl (C=O) groups is 2. The Labute approximate surface area is 484 Å². The van der Waals surface area contributed by atoms with E-state index in [0.29, 0.717) is 6.42 Å². The van der Waals surface area contributed by atoms with E-state index in [1.165, 1.54) is 83.5 Å². The highest BCUT2D eigenvalue weighted by molar-refractivity contribution is 7.47. The summed E-state index contributed by atoms with van der Waals surface area (Å²) in [5.41, 5.74) is 5.38. The van der Waals surface area contributed by atoms with Crippen LogP contribution in [-0.2, 0) is 32.7 Å². The van der Waals surface area contributed by atoms with Crippen molar-refractivity contribution >= 4 is 19.8 Å². The molecule has 0 saturated heterocycles. The number of ether oxygens (including phenoxy) is 2. The summed E-state index contributed by atoms with van der Waals surface area (Å²) in [7, 11) is -4.40. The summed E-state index contributed by atoms with van der Waals surface area (Å²) >= 11 is 0. The van der Waals surface area contributed by atoms with Crippen LogP contribution < -0.4 is 5.73 Å². The van der Waals surface area contributed by atoms with Crippen molar-refractivity contribution in [3.63, 3.8) is 0 Å². The van der Waals surface area contributed by atoms with Gasteiger partial charge >= 0.3 is 19.8 Å². The third-order valence-corrected chi connectivity index (χ3v) is 13.7. The van der Waals surface area contributed by atoms with Crippen LogP contribution in [0.4, 0.5) is 0 Å². The first-order valence-corrected chi connectivity index (χ1v) is 32.8. The van der Waals surface area contributed by atoms with Gasteiger partial charge in [-0.05, 0) is 122 Å². The van der Waals surface area contributed by atoms with Crippen LogP contribution in [0.2, 0.25) is 0 Å². The van der Waals surface area contributed by atoms with E-state index in [-0.39, 0.29) is 32.6 Å². The standard InChI is InChI=1S/C69H114NO8P/c1-3-5-7-9-11-13-15-17-19-21-23-24-25-26-27-28-29-30-31-32-33-34-35-36-37-38-39-40-41-42-44-46-48-50-52-54-56-58-60-62-69(72)78-67(66-77-79(73,74)76-64-63-70)65-75-68(71)61-59-57-55-53-51-49-47-45-43-22-20-18-16-14-12-10-8-6-4-2/h5,7,11,13,17-20,23-24,26-27,29-30,32-33,35-36,38-39,41-42,46,48,67H,3-4,6,8-10,12,14-16,21-22,25,28,31,34,37,40,43-45,47,49-66,70H2,1-2H3,(H,73,74)/b7-5-,13-11-,19-17-,20-18-,24-23-,27-26-,30-29-,33-32-,36-35-,39-38-,42-41-,48-46-. The van der Waals surface area contributed by atoms with Gasteiger partial charge in [0.25, 0.3) is 0 Å². The number of esters is 2. The molecular weight excluding hydrogens is 1000 g/mol. The van der Waals surface area contributed by atoms with Crippen molar-refractivity contribution in [1.29, 1.82) is 0 Å². The van der Waals surface area contributed by atoms with Crippen LogP contribution in [0.5, 0.6) is 0 Å². The fourth-order valence-electron chi connectivity index (χ4n) is 8.11. The molecule has 0 rings (SSSR count). The quantitative estimate of drug-likeness (QED) is 0.0264. The maximum absolute atomic E-state index is 12.7. The molecule has 0 radical (unpaired) electrons. The zero-order valence-corrected chi connectivity index (χ0v) is 50.9. The lowest BCUT2D eigenvalue weighted by atomic mass is 10.1. The van der Waals surface area contributed by atoms with Crippen molar-refractivity contribution in [3.05, 3.63) is 146 Å². The zero-order valence-electron chi connectivity index (χ0n) is 50.0. The number of hydrogen-bond acceptors (Lipinski definition) is 8. The van der Waals surface area contributed by atoms with Gasteiger partial charge in [0.15, 0.2) is 6.10 Å². The van der Waals surface area contributed by atoms with E-state index in [1.807, 2.05) is 0 Å². The maximum Gasteiger partial charge on any atom is 0.472 e. The van der Waals surface area contributed by atoms with Gasteiger partial charge in [-0.2, -0.15) is 0 Å². The monoisotopic (exact) mass is 1120 g/mol. The van der Waals surface area contributed by atoms with Crippen molar-refractivity contribution < 1.29 is 37.6 Å². The van der Waals surface area contributed by atoms with Crippen LogP contribution in [0.1, 0.15) is 245 Å². The fraction of sp³-hybridized carbons (Fsp3) is 0.623. The first kappa shape index (κ1) is 74.9. The van der Waals surface area contributed by atoms with Gasteiger partial charge in [0.2, 0.25) is 0 Å². The number of hydrogen-bond donors (Lipinski definition) is 2. The average molecular weight is 1120 g/mol. The van der Waals surface area contributed by atoms with Crippen LogP contribution in [0, 0.1) is 0 Å². The third-order valence-electron chi connectivity index (χ3n) is 12.7. The molecule has 0 aliphatic rings. The van der Waals surface area contributed by atoms with Crippen molar-refractivity contribution in [2.45, 2.75) is 251 Å². The Morgan fingerprint density at radius 2 is 0.696 bits per heavy atom. The molecule has 9 nitrogen and oxygen atoms in total. The number of unbranched alkanes of at least 4 members (excludes halogenated alkanes) is 20. The Morgan fingerprint density at radius 3 is 1.05 bits per heavy atom. The number of allylic oxidation sites excluding steroid dienone is 24. The van der Waals surface area contributed by atoms with Crippen molar-refractivity contribution in [3.8, 4) is 0 Å². The molecule has 79 heavy (non-hydrogen) atoms. The molecule has 10 heteroatoms. The molecule has 0 fully saturated rings. The van der Waals surface area contributed by atoms with Crippen LogP contribution in [-0.4, -0.2) is 49.3 Å². The molecule has 448 valence electrons. The Balaban J connectivity index is 4.05. The summed E-state index contributed by atoms with van der Waals surface area (Å²) in [5.74, 6) is -0.859. The Kier molecular flexibility index (Phi) is 59.8. The predicted molar refractivity (Wildman–Crippen MR) is 339 cm³/mol. The molecule has 0 aromatic carbocycles. The minimum atomic E-state index is -4.40. The highest BCUT2D eigenvalue weighted by Gasteiger charge is 2.26. The minimum Gasteiger partial charge on any atom is -0.462 e. The van der Waals surface area contributed by atoms with Gasteiger partial charge in [0.1, 0.15) is 6.61 Å². The van der Waals surface area contributed by atoms with E-state index in [1.54, 1.807) is 0 Å². The molecule has 0 spiro atoms. The molecule has 0 saturated carbocycles. The molecule has 0 bridgehead atoms. The van der Waals surface area contributed by atoms with Crippen molar-refractivity contribution in [2.24, 2.45) is 5.73 Å². The van der Waals surface area contributed by atoms with Gasteiger partial charge in [-0.15, -0.1) is 0 Å². The molecule has 0 aliphatic heterocycles. The number of nitrogens with two attached hydrogens (primary N) is 1. The predicted octanol–water partition coefficient (Wildman–Crippen LogP) is 20.3. The topological polar surface area (TPSA) is 134 Å². The Morgan fingerprint density at radius 1 is 0.392 bits per heavy atom. The van der Waals surface area contributed by atoms with E-state index in [4.69, 9.17) is 24.3 Å². The van der Waals surface area contributed by atoms with Crippen molar-refractivity contribution in [1.82, 2.24) is 0 Å². The zero-order chi connectivity index (χ0) is 57.3. The molecule has 2 unspecified atom stereocenters. The van der Waals surface area contributed by atoms with Crippen LogP contribution in [0.15, 0.2) is 146 Å². The Hall–Kier alpha value is -4.11. The largest absolute Gasteiger partial charge is 0.472 e. The second-order valence-electron chi connectivity index (χ2n) is 20.2. The second kappa shape index (κ2) is 63.1. The van der Waals surface area contributed by atoms with E-state index < -0.39 is 32.5 Å². The van der Waals surface area contributed by atoms with E-state index in [0.717, 1.165) is 128 Å². The lowest BCUT2D eigenvalue weighted by Crippen LogP contribution is -2.29. The summed E-state index contributed by atoms with van der Waals surface area (Å²) < 4.78 is 33.0. The van der Waals surface area contributed by atoms with Gasteiger partial charge in [-0.1, -0.05) is 256 Å². The highest BCUT2D eigenvalue weighted by atomic mass is 31.2. The third kappa shape index (κ3) is 62.9. The molecule has 0 aliphatic carbocycles. The molecular formula is C69H114NO8P. The van der Waals surface area contributed by atoms with Crippen molar-refractivity contribution in [2.75, 3.05) is 26.4 Å². The van der Waals surface area contributed by atoms with E-state index >= 15 is 0 Å².